The van der Waals surface area contributed by atoms with E-state index >= 15 is 0 Å². The maximum Gasteiger partial charge on any atom is 0.263 e. The van der Waals surface area contributed by atoms with Crippen LogP contribution < -0.4 is 16.4 Å². The van der Waals surface area contributed by atoms with E-state index in [2.05, 4.69) is 15.6 Å². The Bertz CT molecular complexity index is 468. The van der Waals surface area contributed by atoms with Crippen molar-refractivity contribution in [2.24, 2.45) is 0 Å². The molecule has 1 aromatic rings. The lowest BCUT2D eigenvalue weighted by Crippen LogP contribution is -2.31. The van der Waals surface area contributed by atoms with Crippen LogP contribution in [0.15, 0.2) is 0 Å². The Morgan fingerprint density at radius 2 is 2.22 bits per heavy atom. The molecule has 7 heteroatoms. The molecule has 18 heavy (non-hydrogen) atoms. The smallest absolute Gasteiger partial charge is 0.263 e. The molecule has 0 atom stereocenters. The average Bonchev–Trinajstić information content (AvgIpc) is 3.02. The van der Waals surface area contributed by atoms with Crippen molar-refractivity contribution in [3.05, 3.63) is 10.6 Å². The van der Waals surface area contributed by atoms with Crippen LogP contribution in [0.2, 0.25) is 0 Å². The molecule has 1 aliphatic rings. The van der Waals surface area contributed by atoms with Gasteiger partial charge >= 0.3 is 0 Å². The first-order valence-corrected chi connectivity index (χ1v) is 6.68. The number of nitrogen functional groups attached to an aromatic ring is 1. The number of hydrogen-bond acceptors (Lipinski definition) is 5. The summed E-state index contributed by atoms with van der Waals surface area (Å²) in [5.41, 5.74) is 6.14. The molecule has 98 valence electrons. The molecular formula is C11H16N4O2S. The van der Waals surface area contributed by atoms with Crippen molar-refractivity contribution in [3.63, 3.8) is 0 Å². The van der Waals surface area contributed by atoms with Gasteiger partial charge < -0.3 is 16.4 Å². The van der Waals surface area contributed by atoms with E-state index in [0.717, 1.165) is 24.2 Å². The zero-order valence-corrected chi connectivity index (χ0v) is 11.0. The summed E-state index contributed by atoms with van der Waals surface area (Å²) < 4.78 is 0. The van der Waals surface area contributed by atoms with Gasteiger partial charge in [0.2, 0.25) is 5.91 Å². The molecule has 0 aromatic carbocycles. The summed E-state index contributed by atoms with van der Waals surface area (Å²) in [7, 11) is 0. The number of carbonyl (C=O) groups excluding carboxylic acids is 2. The highest BCUT2D eigenvalue weighted by molar-refractivity contribution is 7.17. The van der Waals surface area contributed by atoms with E-state index in [1.54, 1.807) is 6.92 Å². The number of carbonyl (C=O) groups is 2. The number of aryl methyl sites for hydroxylation is 1. The van der Waals surface area contributed by atoms with Gasteiger partial charge in [0.05, 0.1) is 5.69 Å². The third kappa shape index (κ3) is 3.43. The molecule has 1 saturated carbocycles. The summed E-state index contributed by atoms with van der Waals surface area (Å²) in [5, 5.41) is 5.93. The van der Waals surface area contributed by atoms with Gasteiger partial charge in [-0.15, -0.1) is 0 Å². The first kappa shape index (κ1) is 12.8. The van der Waals surface area contributed by atoms with Crippen molar-refractivity contribution < 1.29 is 9.59 Å². The van der Waals surface area contributed by atoms with Crippen LogP contribution >= 0.6 is 11.3 Å². The molecule has 6 nitrogen and oxygen atoms in total. The molecule has 0 unspecified atom stereocenters. The fraction of sp³-hybridized carbons (Fsp3) is 0.545. The fourth-order valence-corrected chi connectivity index (χ4v) is 2.28. The highest BCUT2D eigenvalue weighted by Gasteiger charge is 2.23. The van der Waals surface area contributed by atoms with Gasteiger partial charge in [0.25, 0.3) is 5.91 Å². The van der Waals surface area contributed by atoms with Crippen LogP contribution in [0.4, 0.5) is 5.13 Å². The molecule has 1 fully saturated rings. The lowest BCUT2D eigenvalue weighted by Gasteiger charge is -2.04. The number of rotatable bonds is 5. The van der Waals surface area contributed by atoms with Crippen LogP contribution in [-0.2, 0) is 4.79 Å². The summed E-state index contributed by atoms with van der Waals surface area (Å²) in [5.74, 6) is -0.237. The summed E-state index contributed by atoms with van der Waals surface area (Å²) in [6.45, 7) is 2.07. The Morgan fingerprint density at radius 1 is 1.50 bits per heavy atom. The zero-order chi connectivity index (χ0) is 13.1. The molecule has 0 saturated heterocycles. The normalized spacial score (nSPS) is 14.3. The first-order valence-electron chi connectivity index (χ1n) is 5.86. The topological polar surface area (TPSA) is 97.1 Å². The molecule has 1 heterocycles. The van der Waals surface area contributed by atoms with Gasteiger partial charge in [0, 0.05) is 19.0 Å². The third-order valence-corrected chi connectivity index (χ3v) is 3.58. The molecule has 4 N–H and O–H groups in total. The minimum absolute atomic E-state index is 0.0154. The lowest BCUT2D eigenvalue weighted by molar-refractivity contribution is -0.121. The predicted molar refractivity (Wildman–Crippen MR) is 69.4 cm³/mol. The van der Waals surface area contributed by atoms with E-state index in [0.29, 0.717) is 34.7 Å². The van der Waals surface area contributed by atoms with Crippen LogP contribution in [-0.4, -0.2) is 29.4 Å². The summed E-state index contributed by atoms with van der Waals surface area (Å²) in [4.78, 5) is 27.6. The largest absolute Gasteiger partial charge is 0.375 e. The van der Waals surface area contributed by atoms with Crippen molar-refractivity contribution in [2.75, 3.05) is 12.3 Å². The van der Waals surface area contributed by atoms with E-state index in [1.807, 2.05) is 0 Å². The van der Waals surface area contributed by atoms with Crippen LogP contribution in [0.5, 0.6) is 0 Å². The van der Waals surface area contributed by atoms with E-state index in [-0.39, 0.29) is 11.8 Å². The van der Waals surface area contributed by atoms with Crippen LogP contribution in [0.1, 0.15) is 34.6 Å². The number of nitrogens with two attached hydrogens (primary N) is 1. The number of aromatic nitrogens is 1. The Labute approximate surface area is 109 Å². The first-order chi connectivity index (χ1) is 8.56. The fourth-order valence-electron chi connectivity index (χ4n) is 1.53. The van der Waals surface area contributed by atoms with Crippen molar-refractivity contribution in [1.82, 2.24) is 15.6 Å². The molecule has 0 bridgehead atoms. The molecule has 1 aliphatic carbocycles. The van der Waals surface area contributed by atoms with Gasteiger partial charge in [-0.2, -0.15) is 0 Å². The summed E-state index contributed by atoms with van der Waals surface area (Å²) in [6, 6.07) is 0.358. The van der Waals surface area contributed by atoms with Crippen molar-refractivity contribution >= 4 is 28.3 Å². The molecule has 0 spiro atoms. The van der Waals surface area contributed by atoms with Crippen LogP contribution in [0.3, 0.4) is 0 Å². The zero-order valence-electron chi connectivity index (χ0n) is 10.2. The van der Waals surface area contributed by atoms with E-state index in [4.69, 9.17) is 5.73 Å². The monoisotopic (exact) mass is 268 g/mol. The van der Waals surface area contributed by atoms with Crippen LogP contribution in [0, 0.1) is 6.92 Å². The predicted octanol–water partition coefficient (Wildman–Crippen LogP) is 0.432. The van der Waals surface area contributed by atoms with Gasteiger partial charge in [0.1, 0.15) is 4.88 Å². The van der Waals surface area contributed by atoms with E-state index in [9.17, 15) is 9.59 Å². The van der Waals surface area contributed by atoms with Gasteiger partial charge in [-0.1, -0.05) is 11.3 Å². The molecule has 1 aromatic heterocycles. The Hall–Kier alpha value is -1.63. The van der Waals surface area contributed by atoms with Gasteiger partial charge in [-0.3, -0.25) is 9.59 Å². The maximum absolute atomic E-state index is 11.8. The number of nitrogens with zero attached hydrogens (tertiary/aromatic N) is 1. The van der Waals surface area contributed by atoms with Gasteiger partial charge in [-0.05, 0) is 19.8 Å². The minimum Gasteiger partial charge on any atom is -0.375 e. The van der Waals surface area contributed by atoms with Crippen molar-refractivity contribution in [2.45, 2.75) is 32.2 Å². The number of nitrogens with one attached hydrogen (secondary N) is 2. The van der Waals surface area contributed by atoms with Crippen LogP contribution in [0.25, 0.3) is 0 Å². The molecule has 0 radical (unpaired) electrons. The molecular weight excluding hydrogens is 252 g/mol. The molecule has 2 amide bonds. The number of hydrogen-bond donors (Lipinski definition) is 3. The van der Waals surface area contributed by atoms with Crippen molar-refractivity contribution in [3.8, 4) is 0 Å². The second-order valence-electron chi connectivity index (χ2n) is 4.31. The quantitative estimate of drug-likeness (QED) is 0.721. The van der Waals surface area contributed by atoms with Gasteiger partial charge in [0.15, 0.2) is 5.13 Å². The highest BCUT2D eigenvalue weighted by Crippen LogP contribution is 2.19. The SMILES string of the molecule is Cc1nc(N)sc1C(=O)NCCC(=O)NC1CC1. The number of amides is 2. The molecule has 2 rings (SSSR count). The number of thiazole rings is 1. The Kier molecular flexibility index (Phi) is 3.81. The lowest BCUT2D eigenvalue weighted by atomic mass is 10.3. The average molecular weight is 268 g/mol. The number of anilines is 1. The summed E-state index contributed by atoms with van der Waals surface area (Å²) >= 11 is 1.16. The Morgan fingerprint density at radius 3 is 2.78 bits per heavy atom. The van der Waals surface area contributed by atoms with Gasteiger partial charge in [-0.25, -0.2) is 4.98 Å². The second-order valence-corrected chi connectivity index (χ2v) is 5.34. The maximum atomic E-state index is 11.8. The summed E-state index contributed by atoms with van der Waals surface area (Å²) in [6.07, 6.45) is 2.43. The highest BCUT2D eigenvalue weighted by atomic mass is 32.1. The van der Waals surface area contributed by atoms with E-state index in [1.165, 1.54) is 0 Å². The van der Waals surface area contributed by atoms with E-state index < -0.39 is 0 Å². The third-order valence-electron chi connectivity index (χ3n) is 2.60. The van der Waals surface area contributed by atoms with Crippen molar-refractivity contribution in [1.29, 1.82) is 0 Å². The molecule has 0 aliphatic heterocycles. The standard InChI is InChI=1S/C11H16N4O2S/c1-6-9(18-11(12)14-6)10(17)13-5-4-8(16)15-7-2-3-7/h7H,2-5H2,1H3,(H2,12,14)(H,13,17)(H,15,16). The Balaban J connectivity index is 1.74. The second kappa shape index (κ2) is 5.34. The minimum atomic E-state index is -0.221.